The van der Waals surface area contributed by atoms with Crippen molar-refractivity contribution in [3.63, 3.8) is 0 Å². The maximum atomic E-state index is 10.7. The van der Waals surface area contributed by atoms with E-state index in [0.717, 1.165) is 6.42 Å². The lowest BCUT2D eigenvalue weighted by atomic mass is 10.2. The van der Waals surface area contributed by atoms with Crippen molar-refractivity contribution in [1.29, 1.82) is 0 Å². The molecule has 76 valence electrons. The number of benzene rings is 1. The molecule has 0 spiro atoms. The van der Waals surface area contributed by atoms with Gasteiger partial charge in [-0.25, -0.2) is 4.79 Å². The fourth-order valence-electron chi connectivity index (χ4n) is 0.904. The van der Waals surface area contributed by atoms with Gasteiger partial charge in [-0.3, -0.25) is 0 Å². The number of hydrogen-bond acceptors (Lipinski definition) is 3. The first kappa shape index (κ1) is 10.5. The summed E-state index contributed by atoms with van der Waals surface area (Å²) in [4.78, 5) is 20.4. The Kier molecular flexibility index (Phi) is 3.94. The molecule has 0 saturated heterocycles. The largest absolute Gasteiger partial charge is 0.478 e. The number of carbonyl (C=O) groups is 1. The van der Waals surface area contributed by atoms with Crippen LogP contribution in [-0.2, 0) is 4.89 Å². The molecule has 0 unspecified atom stereocenters. The highest BCUT2D eigenvalue weighted by atomic mass is 17.2. The predicted octanol–water partition coefficient (Wildman–Crippen LogP) is 2.11. The summed E-state index contributed by atoms with van der Waals surface area (Å²) in [6.45, 7) is 2.38. The van der Waals surface area contributed by atoms with Crippen molar-refractivity contribution < 1.29 is 19.7 Å². The van der Waals surface area contributed by atoms with Crippen LogP contribution >= 0.6 is 0 Å². The lowest BCUT2D eigenvalue weighted by Gasteiger charge is -2.05. The van der Waals surface area contributed by atoms with Crippen LogP contribution in [0.25, 0.3) is 0 Å². The maximum absolute atomic E-state index is 10.7. The Morgan fingerprint density at radius 3 is 2.79 bits per heavy atom. The molecule has 4 nitrogen and oxygen atoms in total. The molecule has 0 bridgehead atoms. The summed E-state index contributed by atoms with van der Waals surface area (Å²) in [5, 5.41) is 8.79. The van der Waals surface area contributed by atoms with Gasteiger partial charge >= 0.3 is 5.97 Å². The van der Waals surface area contributed by atoms with Crippen molar-refractivity contribution in [2.24, 2.45) is 0 Å². The van der Waals surface area contributed by atoms with E-state index in [-0.39, 0.29) is 11.3 Å². The van der Waals surface area contributed by atoms with Crippen LogP contribution in [0.1, 0.15) is 23.7 Å². The maximum Gasteiger partial charge on any atom is 0.339 e. The molecular weight excluding hydrogens is 184 g/mol. The molecule has 0 amide bonds. The summed E-state index contributed by atoms with van der Waals surface area (Å²) >= 11 is 0. The van der Waals surface area contributed by atoms with Crippen molar-refractivity contribution in [3.05, 3.63) is 29.8 Å². The van der Waals surface area contributed by atoms with Crippen LogP contribution in [-0.4, -0.2) is 17.7 Å². The Bertz CT molecular complexity index is 309. The smallest absolute Gasteiger partial charge is 0.339 e. The first-order valence-electron chi connectivity index (χ1n) is 4.37. The zero-order chi connectivity index (χ0) is 10.4. The fourth-order valence-corrected chi connectivity index (χ4v) is 0.904. The molecule has 0 fully saturated rings. The first-order chi connectivity index (χ1) is 6.75. The lowest BCUT2D eigenvalue weighted by molar-refractivity contribution is -0.206. The van der Waals surface area contributed by atoms with E-state index >= 15 is 0 Å². The quantitative estimate of drug-likeness (QED) is 0.445. The van der Waals surface area contributed by atoms with Crippen LogP contribution in [0.5, 0.6) is 5.75 Å². The van der Waals surface area contributed by atoms with Gasteiger partial charge in [0.25, 0.3) is 0 Å². The molecule has 0 radical (unpaired) electrons. The minimum absolute atomic E-state index is 0.101. The van der Waals surface area contributed by atoms with Crippen LogP contribution in [0.3, 0.4) is 0 Å². The van der Waals surface area contributed by atoms with Gasteiger partial charge in [0.2, 0.25) is 0 Å². The van der Waals surface area contributed by atoms with E-state index < -0.39 is 5.97 Å². The van der Waals surface area contributed by atoms with Crippen molar-refractivity contribution in [2.45, 2.75) is 13.3 Å². The average molecular weight is 196 g/mol. The SMILES string of the molecule is CCCOOc1ccccc1C(=O)O. The van der Waals surface area contributed by atoms with Gasteiger partial charge in [-0.05, 0) is 18.6 Å². The number of para-hydroxylation sites is 1. The Morgan fingerprint density at radius 1 is 1.43 bits per heavy atom. The van der Waals surface area contributed by atoms with Gasteiger partial charge in [0.1, 0.15) is 5.56 Å². The zero-order valence-corrected chi connectivity index (χ0v) is 7.90. The molecule has 0 aliphatic carbocycles. The Hall–Kier alpha value is -1.55. The summed E-state index contributed by atoms with van der Waals surface area (Å²) in [6, 6.07) is 6.35. The van der Waals surface area contributed by atoms with Gasteiger partial charge in [-0.15, -0.1) is 0 Å². The normalized spacial score (nSPS) is 9.79. The number of carboxylic acid groups (broad SMARTS) is 1. The fraction of sp³-hybridized carbons (Fsp3) is 0.300. The van der Waals surface area contributed by atoms with Gasteiger partial charge in [-0.2, -0.15) is 4.89 Å². The van der Waals surface area contributed by atoms with E-state index in [1.165, 1.54) is 6.07 Å². The van der Waals surface area contributed by atoms with Crippen molar-refractivity contribution >= 4 is 5.97 Å². The highest BCUT2D eigenvalue weighted by molar-refractivity contribution is 5.90. The second-order valence-electron chi connectivity index (χ2n) is 2.71. The predicted molar refractivity (Wildman–Crippen MR) is 50.3 cm³/mol. The molecule has 0 saturated carbocycles. The van der Waals surface area contributed by atoms with Crippen LogP contribution in [0.2, 0.25) is 0 Å². The van der Waals surface area contributed by atoms with Gasteiger partial charge in [-0.1, -0.05) is 19.1 Å². The lowest BCUT2D eigenvalue weighted by Crippen LogP contribution is -2.04. The molecule has 1 aromatic rings. The van der Waals surface area contributed by atoms with Crippen molar-refractivity contribution in [2.75, 3.05) is 6.61 Å². The minimum atomic E-state index is -1.03. The number of carboxylic acids is 1. The topological polar surface area (TPSA) is 55.8 Å². The third-order valence-electron chi connectivity index (χ3n) is 1.55. The van der Waals surface area contributed by atoms with Crippen molar-refractivity contribution in [3.8, 4) is 5.75 Å². The molecule has 0 aliphatic heterocycles. The van der Waals surface area contributed by atoms with E-state index in [1.807, 2.05) is 6.92 Å². The van der Waals surface area contributed by atoms with Crippen LogP contribution in [0, 0.1) is 0 Å². The molecule has 0 aliphatic rings. The number of hydrogen-bond donors (Lipinski definition) is 1. The van der Waals surface area contributed by atoms with Crippen LogP contribution in [0.4, 0.5) is 0 Å². The van der Waals surface area contributed by atoms with Crippen molar-refractivity contribution in [1.82, 2.24) is 0 Å². The first-order valence-corrected chi connectivity index (χ1v) is 4.37. The van der Waals surface area contributed by atoms with Gasteiger partial charge in [0.15, 0.2) is 5.75 Å². The van der Waals surface area contributed by atoms with Gasteiger partial charge in [0, 0.05) is 0 Å². The zero-order valence-electron chi connectivity index (χ0n) is 7.90. The Morgan fingerprint density at radius 2 is 2.14 bits per heavy atom. The second-order valence-corrected chi connectivity index (χ2v) is 2.71. The number of rotatable bonds is 5. The molecule has 1 N–H and O–H groups in total. The molecule has 0 heterocycles. The van der Waals surface area contributed by atoms with Gasteiger partial charge in [0.05, 0.1) is 6.61 Å². The number of aromatic carboxylic acids is 1. The third kappa shape index (κ3) is 2.74. The molecule has 14 heavy (non-hydrogen) atoms. The molecular formula is C10H12O4. The highest BCUT2D eigenvalue weighted by Gasteiger charge is 2.10. The molecule has 1 aromatic carbocycles. The molecule has 0 aromatic heterocycles. The minimum Gasteiger partial charge on any atom is -0.478 e. The Balaban J connectivity index is 2.69. The molecule has 4 heteroatoms. The summed E-state index contributed by atoms with van der Waals surface area (Å²) in [5.41, 5.74) is 0.101. The molecule has 0 atom stereocenters. The Labute approximate surface area is 82.0 Å². The monoisotopic (exact) mass is 196 g/mol. The van der Waals surface area contributed by atoms with E-state index in [1.54, 1.807) is 18.2 Å². The summed E-state index contributed by atoms with van der Waals surface area (Å²) in [5.74, 6) is -0.797. The van der Waals surface area contributed by atoms with Gasteiger partial charge < -0.3 is 9.99 Å². The standard InChI is InChI=1S/C10H12O4/c1-2-7-13-14-9-6-4-3-5-8(9)10(11)12/h3-6H,2,7H2,1H3,(H,11,12). The summed E-state index contributed by atoms with van der Waals surface area (Å²) < 4.78 is 0. The molecule has 1 rings (SSSR count). The van der Waals surface area contributed by atoms with Crippen LogP contribution in [0.15, 0.2) is 24.3 Å². The van der Waals surface area contributed by atoms with E-state index in [0.29, 0.717) is 6.61 Å². The highest BCUT2D eigenvalue weighted by Crippen LogP contribution is 2.17. The second kappa shape index (κ2) is 5.24. The summed E-state index contributed by atoms with van der Waals surface area (Å²) in [6.07, 6.45) is 0.815. The van der Waals surface area contributed by atoms with E-state index in [2.05, 4.69) is 0 Å². The third-order valence-corrected chi connectivity index (χ3v) is 1.55. The summed E-state index contributed by atoms with van der Waals surface area (Å²) in [7, 11) is 0. The van der Waals surface area contributed by atoms with Crippen LogP contribution < -0.4 is 4.89 Å². The van der Waals surface area contributed by atoms with E-state index in [4.69, 9.17) is 14.9 Å². The average Bonchev–Trinajstić information content (AvgIpc) is 2.19. The van der Waals surface area contributed by atoms with E-state index in [9.17, 15) is 4.79 Å².